The van der Waals surface area contributed by atoms with Crippen LogP contribution in [0.15, 0.2) is 41.4 Å². The molecule has 0 bridgehead atoms. The Morgan fingerprint density at radius 1 is 0.759 bits per heavy atom. The van der Waals surface area contributed by atoms with E-state index in [2.05, 4.69) is 15.6 Å². The summed E-state index contributed by atoms with van der Waals surface area (Å²) in [6, 6.07) is 11.8. The van der Waals surface area contributed by atoms with Crippen LogP contribution >= 0.6 is 0 Å². The van der Waals surface area contributed by atoms with E-state index in [1.807, 2.05) is 43.3 Å². The maximum Gasteiger partial charge on any atom is 0.191 e. The van der Waals surface area contributed by atoms with E-state index >= 15 is 0 Å². The van der Waals surface area contributed by atoms with Crippen LogP contribution in [0.5, 0.6) is 23.0 Å². The van der Waals surface area contributed by atoms with Crippen molar-refractivity contribution in [1.82, 2.24) is 10.6 Å². The van der Waals surface area contributed by atoms with Crippen molar-refractivity contribution in [1.29, 1.82) is 0 Å². The van der Waals surface area contributed by atoms with E-state index in [0.29, 0.717) is 18.0 Å². The third-order valence-corrected chi connectivity index (χ3v) is 4.37. The lowest BCUT2D eigenvalue weighted by molar-refractivity contribution is 0.354. The summed E-state index contributed by atoms with van der Waals surface area (Å²) in [4.78, 5) is 4.66. The van der Waals surface area contributed by atoms with Gasteiger partial charge in [-0.25, -0.2) is 4.99 Å². The van der Waals surface area contributed by atoms with E-state index < -0.39 is 0 Å². The number of hydrogen-bond acceptors (Lipinski definition) is 5. The summed E-state index contributed by atoms with van der Waals surface area (Å²) in [7, 11) is 6.53. The van der Waals surface area contributed by atoms with Gasteiger partial charge in [0, 0.05) is 13.1 Å². The molecule has 0 aromatic heterocycles. The third-order valence-electron chi connectivity index (χ3n) is 4.37. The van der Waals surface area contributed by atoms with Crippen LogP contribution in [-0.4, -0.2) is 47.5 Å². The van der Waals surface area contributed by atoms with Crippen molar-refractivity contribution in [2.24, 2.45) is 4.99 Å². The van der Waals surface area contributed by atoms with Gasteiger partial charge in [0.05, 0.1) is 35.0 Å². The van der Waals surface area contributed by atoms with E-state index in [1.165, 1.54) is 0 Å². The molecule has 2 aromatic rings. The highest BCUT2D eigenvalue weighted by Crippen LogP contribution is 2.28. The van der Waals surface area contributed by atoms with Crippen molar-refractivity contribution in [2.45, 2.75) is 19.9 Å². The van der Waals surface area contributed by atoms with Gasteiger partial charge in [0.1, 0.15) is 0 Å². The predicted octanol–water partition coefficient (Wildman–Crippen LogP) is 3.02. The van der Waals surface area contributed by atoms with Crippen LogP contribution in [0.1, 0.15) is 18.1 Å². The summed E-state index contributed by atoms with van der Waals surface area (Å²) < 4.78 is 21.3. The highest BCUT2D eigenvalue weighted by atomic mass is 16.5. The number of guanidine groups is 1. The molecular formula is C22H31N3O4. The summed E-state index contributed by atoms with van der Waals surface area (Å²) in [6.07, 6.45) is 0.834. The van der Waals surface area contributed by atoms with Crippen LogP contribution in [0.3, 0.4) is 0 Å². The normalized spacial score (nSPS) is 11.0. The van der Waals surface area contributed by atoms with Gasteiger partial charge in [0.2, 0.25) is 0 Å². The van der Waals surface area contributed by atoms with Crippen LogP contribution in [-0.2, 0) is 13.0 Å². The van der Waals surface area contributed by atoms with Gasteiger partial charge in [0.15, 0.2) is 29.0 Å². The van der Waals surface area contributed by atoms with Gasteiger partial charge >= 0.3 is 0 Å². The Balaban J connectivity index is 1.97. The third kappa shape index (κ3) is 6.48. The Morgan fingerprint density at radius 2 is 1.31 bits per heavy atom. The lowest BCUT2D eigenvalue weighted by atomic mass is 10.1. The van der Waals surface area contributed by atoms with Crippen LogP contribution in [0.4, 0.5) is 0 Å². The van der Waals surface area contributed by atoms with Crippen molar-refractivity contribution in [3.63, 3.8) is 0 Å². The smallest absolute Gasteiger partial charge is 0.191 e. The fraction of sp³-hybridized carbons (Fsp3) is 0.409. The molecule has 29 heavy (non-hydrogen) atoms. The van der Waals surface area contributed by atoms with Gasteiger partial charge in [-0.3, -0.25) is 0 Å². The molecule has 0 spiro atoms. The fourth-order valence-electron chi connectivity index (χ4n) is 2.85. The van der Waals surface area contributed by atoms with E-state index in [1.54, 1.807) is 28.4 Å². The highest BCUT2D eigenvalue weighted by molar-refractivity contribution is 5.79. The average Bonchev–Trinajstić information content (AvgIpc) is 2.76. The van der Waals surface area contributed by atoms with Crippen LogP contribution in [0, 0.1) is 0 Å². The topological polar surface area (TPSA) is 73.3 Å². The largest absolute Gasteiger partial charge is 0.493 e. The van der Waals surface area contributed by atoms with Gasteiger partial charge in [0.25, 0.3) is 0 Å². The molecule has 0 saturated carbocycles. The number of benzene rings is 2. The Labute approximate surface area is 173 Å². The SMILES string of the molecule is CCNC(=NCc1ccc(OC)c(OC)c1)NCCc1ccc(OC)c(OC)c1. The number of aliphatic imine (C=N–C) groups is 1. The second-order valence-corrected chi connectivity index (χ2v) is 6.25. The first-order valence-electron chi connectivity index (χ1n) is 9.59. The maximum atomic E-state index is 5.37. The van der Waals surface area contributed by atoms with E-state index in [9.17, 15) is 0 Å². The number of nitrogens with one attached hydrogen (secondary N) is 2. The number of methoxy groups -OCH3 is 4. The standard InChI is InChI=1S/C22H31N3O4/c1-6-23-22(25-15-17-8-10-19(27-3)21(14-17)29-5)24-12-11-16-7-9-18(26-2)20(13-16)28-4/h7-10,13-14H,6,11-12,15H2,1-5H3,(H2,23,24,25). The number of rotatable bonds is 10. The van der Waals surface area contributed by atoms with Gasteiger partial charge in [-0.15, -0.1) is 0 Å². The quantitative estimate of drug-likeness (QED) is 0.471. The second kappa shape index (κ2) is 11.7. The number of hydrogen-bond donors (Lipinski definition) is 2. The first-order valence-corrected chi connectivity index (χ1v) is 9.59. The van der Waals surface area contributed by atoms with Crippen molar-refractivity contribution in [3.8, 4) is 23.0 Å². The molecule has 0 radical (unpaired) electrons. The van der Waals surface area contributed by atoms with E-state index in [0.717, 1.165) is 48.1 Å². The Kier molecular flexibility index (Phi) is 8.95. The predicted molar refractivity (Wildman–Crippen MR) is 116 cm³/mol. The molecule has 2 aromatic carbocycles. The first kappa shape index (κ1) is 22.2. The molecule has 158 valence electrons. The summed E-state index contributed by atoms with van der Waals surface area (Å²) >= 11 is 0. The molecule has 7 nitrogen and oxygen atoms in total. The van der Waals surface area contributed by atoms with Gasteiger partial charge in [-0.1, -0.05) is 12.1 Å². The van der Waals surface area contributed by atoms with E-state index in [4.69, 9.17) is 18.9 Å². The highest BCUT2D eigenvalue weighted by Gasteiger charge is 2.06. The monoisotopic (exact) mass is 401 g/mol. The molecule has 0 aliphatic heterocycles. The van der Waals surface area contributed by atoms with Crippen molar-refractivity contribution >= 4 is 5.96 Å². The number of nitrogens with zero attached hydrogens (tertiary/aromatic N) is 1. The summed E-state index contributed by atoms with van der Waals surface area (Å²) in [6.45, 7) is 4.11. The first-order chi connectivity index (χ1) is 14.1. The van der Waals surface area contributed by atoms with Crippen molar-refractivity contribution in [3.05, 3.63) is 47.5 Å². The maximum absolute atomic E-state index is 5.37. The Bertz CT molecular complexity index is 809. The minimum Gasteiger partial charge on any atom is -0.493 e. The molecule has 0 aliphatic rings. The number of ether oxygens (including phenoxy) is 4. The van der Waals surface area contributed by atoms with Gasteiger partial charge in [-0.2, -0.15) is 0 Å². The minimum absolute atomic E-state index is 0.534. The second-order valence-electron chi connectivity index (χ2n) is 6.25. The van der Waals surface area contributed by atoms with Gasteiger partial charge < -0.3 is 29.6 Å². The molecule has 2 N–H and O–H groups in total. The molecule has 0 amide bonds. The zero-order valence-corrected chi connectivity index (χ0v) is 17.9. The van der Waals surface area contributed by atoms with Crippen LogP contribution in [0.25, 0.3) is 0 Å². The van der Waals surface area contributed by atoms with Crippen LogP contribution < -0.4 is 29.6 Å². The Hall–Kier alpha value is -3.09. The summed E-state index contributed by atoms with van der Waals surface area (Å²) in [5.74, 6) is 3.64. The molecular weight excluding hydrogens is 370 g/mol. The zero-order chi connectivity index (χ0) is 21.1. The zero-order valence-electron chi connectivity index (χ0n) is 17.9. The minimum atomic E-state index is 0.534. The molecule has 0 heterocycles. The van der Waals surface area contributed by atoms with Gasteiger partial charge in [-0.05, 0) is 48.7 Å². The fourth-order valence-corrected chi connectivity index (χ4v) is 2.85. The summed E-state index contributed by atoms with van der Waals surface area (Å²) in [5.41, 5.74) is 2.20. The molecule has 0 atom stereocenters. The lowest BCUT2D eigenvalue weighted by Crippen LogP contribution is -2.38. The molecule has 0 fully saturated rings. The average molecular weight is 402 g/mol. The van der Waals surface area contributed by atoms with Crippen molar-refractivity contribution in [2.75, 3.05) is 41.5 Å². The molecule has 2 rings (SSSR count). The molecule has 0 aliphatic carbocycles. The Morgan fingerprint density at radius 3 is 1.86 bits per heavy atom. The lowest BCUT2D eigenvalue weighted by Gasteiger charge is -2.13. The molecule has 0 saturated heterocycles. The van der Waals surface area contributed by atoms with Crippen LogP contribution in [0.2, 0.25) is 0 Å². The summed E-state index contributed by atoms with van der Waals surface area (Å²) in [5, 5.41) is 6.64. The van der Waals surface area contributed by atoms with E-state index in [-0.39, 0.29) is 0 Å². The molecule has 7 heteroatoms. The molecule has 0 unspecified atom stereocenters. The van der Waals surface area contributed by atoms with Crippen molar-refractivity contribution < 1.29 is 18.9 Å².